The van der Waals surface area contributed by atoms with Crippen LogP contribution in [0.2, 0.25) is 0 Å². The Morgan fingerprint density at radius 2 is 2.45 bits per heavy atom. The molecule has 2 heteroatoms. The molecule has 0 aromatic carbocycles. The summed E-state index contributed by atoms with van der Waals surface area (Å²) in [6.45, 7) is 3.25. The molecular formula is C9H18N2. The summed E-state index contributed by atoms with van der Waals surface area (Å²) < 4.78 is 0. The minimum atomic E-state index is 0.777. The highest BCUT2D eigenvalue weighted by atomic mass is 15.1. The van der Waals surface area contributed by atoms with Gasteiger partial charge in [-0.1, -0.05) is 12.2 Å². The van der Waals surface area contributed by atoms with Gasteiger partial charge in [0.25, 0.3) is 0 Å². The lowest BCUT2D eigenvalue weighted by atomic mass is 10.1. The van der Waals surface area contributed by atoms with Gasteiger partial charge in [0, 0.05) is 6.54 Å². The maximum absolute atomic E-state index is 5.38. The lowest BCUT2D eigenvalue weighted by molar-refractivity contribution is 0.408. The van der Waals surface area contributed by atoms with Crippen LogP contribution < -0.4 is 5.73 Å². The van der Waals surface area contributed by atoms with E-state index >= 15 is 0 Å². The van der Waals surface area contributed by atoms with Crippen LogP contribution in [-0.4, -0.2) is 31.6 Å². The summed E-state index contributed by atoms with van der Waals surface area (Å²) >= 11 is 0. The molecule has 0 amide bonds. The van der Waals surface area contributed by atoms with E-state index in [0.29, 0.717) is 0 Å². The summed E-state index contributed by atoms with van der Waals surface area (Å²) in [6, 6.07) is 0. The van der Waals surface area contributed by atoms with Gasteiger partial charge in [0.05, 0.1) is 0 Å². The van der Waals surface area contributed by atoms with Crippen LogP contribution in [0.5, 0.6) is 0 Å². The number of nitrogens with two attached hydrogens (primary N) is 1. The summed E-state index contributed by atoms with van der Waals surface area (Å²) in [7, 11) is 2.18. The van der Waals surface area contributed by atoms with Crippen molar-refractivity contribution in [3.63, 3.8) is 0 Å². The second kappa shape index (κ2) is 4.52. The molecule has 2 N–H and O–H groups in total. The quantitative estimate of drug-likeness (QED) is 0.610. The minimum Gasteiger partial charge on any atom is -0.330 e. The topological polar surface area (TPSA) is 29.3 Å². The molecule has 0 radical (unpaired) electrons. The highest BCUT2D eigenvalue weighted by Gasteiger charge is 2.15. The third kappa shape index (κ3) is 3.04. The number of rotatable bonds is 3. The van der Waals surface area contributed by atoms with E-state index in [4.69, 9.17) is 5.73 Å². The van der Waals surface area contributed by atoms with Crippen LogP contribution in [0.4, 0.5) is 0 Å². The smallest absolute Gasteiger partial charge is 0.00418 e. The van der Waals surface area contributed by atoms with Gasteiger partial charge in [-0.15, -0.1) is 0 Å². The van der Waals surface area contributed by atoms with Gasteiger partial charge in [-0.2, -0.15) is 0 Å². The number of hydrogen-bond donors (Lipinski definition) is 1. The summed E-state index contributed by atoms with van der Waals surface area (Å²) in [4.78, 5) is 2.37. The molecule has 1 fully saturated rings. The van der Waals surface area contributed by atoms with E-state index in [2.05, 4.69) is 24.1 Å². The van der Waals surface area contributed by atoms with Crippen LogP contribution >= 0.6 is 0 Å². The van der Waals surface area contributed by atoms with Gasteiger partial charge in [0.1, 0.15) is 0 Å². The third-order valence-electron chi connectivity index (χ3n) is 2.17. The van der Waals surface area contributed by atoms with Crippen LogP contribution in [0.15, 0.2) is 12.2 Å². The van der Waals surface area contributed by atoms with Gasteiger partial charge in [0.15, 0.2) is 0 Å². The van der Waals surface area contributed by atoms with E-state index in [1.165, 1.54) is 19.5 Å². The van der Waals surface area contributed by atoms with Gasteiger partial charge < -0.3 is 10.6 Å². The first-order valence-corrected chi connectivity index (χ1v) is 4.38. The Hall–Kier alpha value is -0.340. The van der Waals surface area contributed by atoms with Crippen LogP contribution in [0.3, 0.4) is 0 Å². The lowest BCUT2D eigenvalue weighted by Crippen LogP contribution is -2.13. The number of nitrogens with zero attached hydrogens (tertiary/aromatic N) is 1. The molecule has 0 aromatic rings. The molecule has 2 nitrogen and oxygen atoms in total. The molecule has 1 atom stereocenters. The zero-order valence-electron chi connectivity index (χ0n) is 7.29. The van der Waals surface area contributed by atoms with Crippen molar-refractivity contribution in [2.75, 3.05) is 26.7 Å². The summed E-state index contributed by atoms with van der Waals surface area (Å²) in [5.41, 5.74) is 5.38. The first-order chi connectivity index (χ1) is 5.33. The maximum Gasteiger partial charge on any atom is 0.00418 e. The van der Waals surface area contributed by atoms with Crippen LogP contribution in [-0.2, 0) is 0 Å². The molecular weight excluding hydrogens is 136 g/mol. The minimum absolute atomic E-state index is 0.777. The zero-order valence-corrected chi connectivity index (χ0v) is 7.29. The third-order valence-corrected chi connectivity index (χ3v) is 2.17. The Morgan fingerprint density at radius 3 is 3.00 bits per heavy atom. The molecule has 1 aliphatic heterocycles. The van der Waals surface area contributed by atoms with Crippen molar-refractivity contribution in [2.24, 2.45) is 11.7 Å². The van der Waals surface area contributed by atoms with Crippen molar-refractivity contribution in [3.05, 3.63) is 12.2 Å². The van der Waals surface area contributed by atoms with E-state index in [9.17, 15) is 0 Å². The van der Waals surface area contributed by atoms with Gasteiger partial charge in [0.2, 0.25) is 0 Å². The van der Waals surface area contributed by atoms with E-state index in [0.717, 1.165) is 18.9 Å². The van der Waals surface area contributed by atoms with Crippen molar-refractivity contribution in [1.82, 2.24) is 4.90 Å². The SMILES string of the molecule is CN1CCC(/C=C\CCN)C1. The molecule has 0 bridgehead atoms. The van der Waals surface area contributed by atoms with Gasteiger partial charge in [-0.05, 0) is 38.9 Å². The molecule has 1 rings (SSSR count). The maximum atomic E-state index is 5.38. The van der Waals surface area contributed by atoms with Crippen molar-refractivity contribution < 1.29 is 0 Å². The van der Waals surface area contributed by atoms with E-state index in [1.807, 2.05) is 0 Å². The van der Waals surface area contributed by atoms with E-state index < -0.39 is 0 Å². The first kappa shape index (κ1) is 8.75. The van der Waals surface area contributed by atoms with Crippen LogP contribution in [0.25, 0.3) is 0 Å². The van der Waals surface area contributed by atoms with E-state index in [-0.39, 0.29) is 0 Å². The molecule has 11 heavy (non-hydrogen) atoms. The molecule has 64 valence electrons. The van der Waals surface area contributed by atoms with Crippen molar-refractivity contribution in [3.8, 4) is 0 Å². The molecule has 0 saturated carbocycles. The van der Waals surface area contributed by atoms with Crippen LogP contribution in [0.1, 0.15) is 12.8 Å². The predicted octanol–water partition coefficient (Wildman–Crippen LogP) is 0.843. The summed E-state index contributed by atoms with van der Waals surface area (Å²) in [5, 5.41) is 0. The largest absolute Gasteiger partial charge is 0.330 e. The molecule has 0 spiro atoms. The number of hydrogen-bond acceptors (Lipinski definition) is 2. The molecule has 1 unspecified atom stereocenters. The Labute approximate surface area is 69.1 Å². The van der Waals surface area contributed by atoms with Gasteiger partial charge in [-0.3, -0.25) is 0 Å². The normalized spacial score (nSPS) is 26.9. The van der Waals surface area contributed by atoms with E-state index in [1.54, 1.807) is 0 Å². The second-order valence-electron chi connectivity index (χ2n) is 3.32. The molecule has 1 heterocycles. The fourth-order valence-electron chi connectivity index (χ4n) is 1.51. The zero-order chi connectivity index (χ0) is 8.10. The summed E-state index contributed by atoms with van der Waals surface area (Å²) in [5.74, 6) is 0.784. The average molecular weight is 154 g/mol. The number of likely N-dealkylation sites (tertiary alicyclic amines) is 1. The van der Waals surface area contributed by atoms with Gasteiger partial charge >= 0.3 is 0 Å². The first-order valence-electron chi connectivity index (χ1n) is 4.38. The molecule has 1 saturated heterocycles. The predicted molar refractivity (Wildman–Crippen MR) is 48.4 cm³/mol. The van der Waals surface area contributed by atoms with Crippen molar-refractivity contribution in [2.45, 2.75) is 12.8 Å². The Morgan fingerprint density at radius 1 is 1.64 bits per heavy atom. The average Bonchev–Trinajstić information content (AvgIpc) is 2.37. The fourth-order valence-corrected chi connectivity index (χ4v) is 1.51. The highest BCUT2D eigenvalue weighted by molar-refractivity contribution is 4.92. The standard InChI is InChI=1S/C9H18N2/c1-11-7-5-9(8-11)4-2-3-6-10/h2,4,9H,3,5-8,10H2,1H3/b4-2-. The van der Waals surface area contributed by atoms with Crippen LogP contribution in [0, 0.1) is 5.92 Å². The van der Waals surface area contributed by atoms with Gasteiger partial charge in [-0.25, -0.2) is 0 Å². The van der Waals surface area contributed by atoms with Crippen molar-refractivity contribution in [1.29, 1.82) is 0 Å². The lowest BCUT2D eigenvalue weighted by Gasteiger charge is -2.04. The Kier molecular flexibility index (Phi) is 3.60. The Balaban J connectivity index is 2.17. The Bertz CT molecular complexity index is 132. The fraction of sp³-hybridized carbons (Fsp3) is 0.778. The summed E-state index contributed by atoms with van der Waals surface area (Å²) in [6.07, 6.45) is 6.87. The highest BCUT2D eigenvalue weighted by Crippen LogP contribution is 2.15. The monoisotopic (exact) mass is 154 g/mol. The molecule has 1 aliphatic rings. The van der Waals surface area contributed by atoms with Crippen molar-refractivity contribution >= 4 is 0 Å². The second-order valence-corrected chi connectivity index (χ2v) is 3.32. The molecule has 0 aliphatic carbocycles. The molecule has 0 aromatic heterocycles.